The maximum absolute atomic E-state index is 6.00. The molecule has 0 saturated heterocycles. The van der Waals surface area contributed by atoms with Crippen molar-refractivity contribution >= 4 is 0 Å². The molecule has 0 aliphatic carbocycles. The third-order valence-corrected chi connectivity index (χ3v) is 0. The van der Waals surface area contributed by atoms with E-state index in [0.29, 0.717) is 0 Å². The maximum Gasteiger partial charge on any atom is 1.00 e. The van der Waals surface area contributed by atoms with Crippen molar-refractivity contribution in [2.24, 2.45) is 0 Å². The number of hydrogen-bond donors (Lipinski definition) is 2. The van der Waals surface area contributed by atoms with Crippen LogP contribution < -0.4 is 116 Å². The van der Waals surface area contributed by atoms with Crippen molar-refractivity contribution in [3.63, 3.8) is 0 Å². The Morgan fingerprint density at radius 2 is 1.00 bits per heavy atom. The van der Waals surface area contributed by atoms with Gasteiger partial charge in [-0.2, -0.15) is 0 Å². The molecular formula is H4O2Rb2. The van der Waals surface area contributed by atoms with Crippen LogP contribution in [0.5, 0.6) is 0 Å². The molecule has 0 saturated carbocycles. The van der Waals surface area contributed by atoms with Crippen LogP contribution in [0.3, 0.4) is 0 Å². The summed E-state index contributed by atoms with van der Waals surface area (Å²) in [6.07, 6.45) is 0. The van der Waals surface area contributed by atoms with Gasteiger partial charge >= 0.3 is 116 Å². The summed E-state index contributed by atoms with van der Waals surface area (Å²) >= 11 is 0. The summed E-state index contributed by atoms with van der Waals surface area (Å²) in [5.41, 5.74) is 0. The van der Waals surface area contributed by atoms with Gasteiger partial charge in [-0.15, -0.1) is 0 Å². The smallest absolute Gasteiger partial charge is 1.00 e. The van der Waals surface area contributed by atoms with Gasteiger partial charge in [0.05, 0.1) is 0 Å². The van der Waals surface area contributed by atoms with Crippen molar-refractivity contribution in [1.29, 1.82) is 0 Å². The molecule has 0 atom stereocenters. The zero-order valence-electron chi connectivity index (χ0n) is 4.89. The Hall–Kier alpha value is 3.53. The Balaban J connectivity index is -0.000000000833. The fourth-order valence-corrected chi connectivity index (χ4v) is 0. The molecule has 0 rings (SSSR count). The van der Waals surface area contributed by atoms with E-state index in [0.717, 1.165) is 0 Å². The van der Waals surface area contributed by atoms with Gasteiger partial charge in [0, 0.05) is 0 Å². The summed E-state index contributed by atoms with van der Waals surface area (Å²) in [5, 5.41) is 12.0. The second kappa shape index (κ2) is 16.0. The molecule has 0 aliphatic heterocycles. The van der Waals surface area contributed by atoms with Gasteiger partial charge in [-0.25, -0.2) is 0 Å². The van der Waals surface area contributed by atoms with Crippen molar-refractivity contribution < 1.29 is 130 Å². The molecule has 18 valence electrons. The molecule has 0 aromatic carbocycles. The minimum atomic E-state index is 0. The molecule has 0 aliphatic rings. The van der Waals surface area contributed by atoms with Crippen LogP contribution in [0, 0.1) is 0 Å². The van der Waals surface area contributed by atoms with Gasteiger partial charge in [0.2, 0.25) is 0 Å². The summed E-state index contributed by atoms with van der Waals surface area (Å²) in [6, 6.07) is 0. The second-order valence-corrected chi connectivity index (χ2v) is 0. The van der Waals surface area contributed by atoms with Gasteiger partial charge in [-0.3, -0.25) is 10.5 Å². The van der Waals surface area contributed by atoms with Gasteiger partial charge in [0.1, 0.15) is 0 Å². The van der Waals surface area contributed by atoms with E-state index in [9.17, 15) is 0 Å². The van der Waals surface area contributed by atoms with Crippen LogP contribution in [0.1, 0.15) is 2.85 Å². The topological polar surface area (TPSA) is 40.5 Å². The van der Waals surface area contributed by atoms with Crippen molar-refractivity contribution in [3.05, 3.63) is 0 Å². The summed E-state index contributed by atoms with van der Waals surface area (Å²) in [7, 11) is 0. The maximum atomic E-state index is 6.00. The monoisotopic (exact) mass is 206 g/mol. The Morgan fingerprint density at radius 3 is 1.00 bits per heavy atom. The molecule has 4 heavy (non-hydrogen) atoms. The van der Waals surface area contributed by atoms with Crippen LogP contribution in [0.4, 0.5) is 0 Å². The molecule has 0 fully saturated rings. The van der Waals surface area contributed by atoms with Crippen LogP contribution >= 0.6 is 0 Å². The first-order valence-corrected chi connectivity index (χ1v) is 0.200. The zero-order chi connectivity index (χ0) is 2.00. The van der Waals surface area contributed by atoms with Crippen LogP contribution in [-0.4, -0.2) is 10.5 Å². The molecule has 0 aromatic rings. The Kier molecular flexibility index (Phi) is 62.7. The fraction of sp³-hybridized carbons (Fsp3) is 0. The molecule has 0 unspecified atom stereocenters. The zero-order valence-corrected chi connectivity index (χ0v) is 12.7. The normalized spacial score (nSPS) is 1.50. The third kappa shape index (κ3) is 9.11. The van der Waals surface area contributed by atoms with Gasteiger partial charge in [0.15, 0.2) is 0 Å². The quantitative estimate of drug-likeness (QED) is 0.307. The Labute approximate surface area is 125 Å². The summed E-state index contributed by atoms with van der Waals surface area (Å²) < 4.78 is 0. The van der Waals surface area contributed by atoms with E-state index in [1.165, 1.54) is 0 Å². The average Bonchev–Trinajstić information content (AvgIpc) is 1.00. The van der Waals surface area contributed by atoms with Gasteiger partial charge < -0.3 is 2.85 Å². The SMILES string of the molecule is OO.[H-].[H-].[Rb+].[Rb+]. The first-order valence-electron chi connectivity index (χ1n) is 0.200. The van der Waals surface area contributed by atoms with Gasteiger partial charge in [0.25, 0.3) is 0 Å². The van der Waals surface area contributed by atoms with E-state index in [4.69, 9.17) is 10.5 Å². The van der Waals surface area contributed by atoms with Gasteiger partial charge in [-0.1, -0.05) is 0 Å². The summed E-state index contributed by atoms with van der Waals surface area (Å²) in [5.74, 6) is 0. The Bertz CT molecular complexity index is 9.51. The molecule has 2 N–H and O–H groups in total. The van der Waals surface area contributed by atoms with Crippen molar-refractivity contribution in [2.45, 2.75) is 0 Å². The largest absolute Gasteiger partial charge is 1.00 e. The van der Waals surface area contributed by atoms with E-state index in [-0.39, 0.29) is 119 Å². The third-order valence-electron chi connectivity index (χ3n) is 0. The Morgan fingerprint density at radius 1 is 1.00 bits per heavy atom. The fourth-order valence-electron chi connectivity index (χ4n) is 0. The van der Waals surface area contributed by atoms with Crippen LogP contribution in [-0.2, 0) is 0 Å². The van der Waals surface area contributed by atoms with E-state index in [1.54, 1.807) is 0 Å². The minimum Gasteiger partial charge on any atom is -1.00 e. The second-order valence-electron chi connectivity index (χ2n) is 0. The van der Waals surface area contributed by atoms with Crippen LogP contribution in [0.25, 0.3) is 0 Å². The predicted molar refractivity (Wildman–Crippen MR) is 7.48 cm³/mol. The van der Waals surface area contributed by atoms with E-state index < -0.39 is 0 Å². The van der Waals surface area contributed by atoms with E-state index in [1.807, 2.05) is 0 Å². The minimum absolute atomic E-state index is 0. The molecule has 0 bridgehead atoms. The molecule has 0 amide bonds. The van der Waals surface area contributed by atoms with Crippen molar-refractivity contribution in [3.8, 4) is 0 Å². The van der Waals surface area contributed by atoms with E-state index in [2.05, 4.69) is 0 Å². The molecule has 0 aromatic heterocycles. The summed E-state index contributed by atoms with van der Waals surface area (Å²) in [6.45, 7) is 0. The molecule has 4 heteroatoms. The first kappa shape index (κ1) is 15.6. The van der Waals surface area contributed by atoms with Crippen LogP contribution in [0.2, 0.25) is 0 Å². The summed E-state index contributed by atoms with van der Waals surface area (Å²) in [4.78, 5) is 0. The number of hydrogen-bond acceptors (Lipinski definition) is 2. The van der Waals surface area contributed by atoms with Gasteiger partial charge in [-0.05, 0) is 0 Å². The number of rotatable bonds is 0. The average molecular weight is 207 g/mol. The van der Waals surface area contributed by atoms with Crippen molar-refractivity contribution in [1.82, 2.24) is 0 Å². The first-order chi connectivity index (χ1) is 1.00. The van der Waals surface area contributed by atoms with Crippen molar-refractivity contribution in [2.75, 3.05) is 0 Å². The van der Waals surface area contributed by atoms with E-state index >= 15 is 0 Å². The molecule has 0 spiro atoms. The van der Waals surface area contributed by atoms with Crippen LogP contribution in [0.15, 0.2) is 0 Å². The standard InChI is InChI=1S/H2O2.2Rb.2H/c1-2;;;;/h1-2H;;;;/q;2*+1;2*-1. The molecule has 0 radical (unpaired) electrons. The molecule has 2 nitrogen and oxygen atoms in total. The predicted octanol–water partition coefficient (Wildman–Crippen LogP) is -5.75. The molecule has 0 heterocycles. The molecular weight excluding hydrogens is 203 g/mol.